The van der Waals surface area contributed by atoms with Crippen LogP contribution in [0.15, 0.2) is 47.5 Å². The summed E-state index contributed by atoms with van der Waals surface area (Å²) >= 11 is 6.28. The molecule has 0 amide bonds. The van der Waals surface area contributed by atoms with E-state index >= 15 is 0 Å². The zero-order chi connectivity index (χ0) is 13.7. The van der Waals surface area contributed by atoms with Crippen LogP contribution >= 0.6 is 11.6 Å². The van der Waals surface area contributed by atoms with Gasteiger partial charge in [0.1, 0.15) is 0 Å². The molecule has 0 aliphatic carbocycles. The Kier molecular flexibility index (Phi) is 4.58. The summed E-state index contributed by atoms with van der Waals surface area (Å²) in [5.74, 6) is 0.339. The van der Waals surface area contributed by atoms with Gasteiger partial charge in [0, 0.05) is 25.5 Å². The van der Waals surface area contributed by atoms with E-state index in [9.17, 15) is 4.79 Å². The van der Waals surface area contributed by atoms with Crippen LogP contribution in [-0.4, -0.2) is 16.1 Å². The first kappa shape index (κ1) is 13.6. The summed E-state index contributed by atoms with van der Waals surface area (Å²) in [6.45, 7) is 3.00. The van der Waals surface area contributed by atoms with E-state index in [0.717, 1.165) is 5.56 Å². The lowest BCUT2D eigenvalue weighted by atomic mass is 10.1. The van der Waals surface area contributed by atoms with Crippen LogP contribution in [0.4, 0.5) is 5.82 Å². The van der Waals surface area contributed by atoms with E-state index < -0.39 is 0 Å². The molecule has 0 radical (unpaired) electrons. The minimum atomic E-state index is -0.197. The van der Waals surface area contributed by atoms with Crippen LogP contribution in [0, 0.1) is 0 Å². The first-order valence-electron chi connectivity index (χ1n) is 6.20. The van der Waals surface area contributed by atoms with Gasteiger partial charge < -0.3 is 9.88 Å². The summed E-state index contributed by atoms with van der Waals surface area (Å²) in [6.07, 6.45) is 3.28. The Labute approximate surface area is 117 Å². The number of hydrogen-bond donors (Lipinski definition) is 1. The minimum absolute atomic E-state index is 0.123. The maximum atomic E-state index is 11.9. The van der Waals surface area contributed by atoms with Crippen LogP contribution in [0.3, 0.4) is 0 Å². The van der Waals surface area contributed by atoms with E-state index in [0.29, 0.717) is 18.9 Å². The lowest BCUT2D eigenvalue weighted by Crippen LogP contribution is -2.24. The monoisotopic (exact) mass is 277 g/mol. The highest BCUT2D eigenvalue weighted by atomic mass is 35.5. The second-order valence-electron chi connectivity index (χ2n) is 4.13. The molecular formula is C14H16ClN3O. The van der Waals surface area contributed by atoms with Crippen LogP contribution in [-0.2, 0) is 6.54 Å². The van der Waals surface area contributed by atoms with E-state index in [1.165, 1.54) is 0 Å². The van der Waals surface area contributed by atoms with E-state index in [4.69, 9.17) is 11.6 Å². The smallest absolute Gasteiger partial charge is 0.293 e. The molecule has 0 saturated carbocycles. The van der Waals surface area contributed by atoms with Crippen molar-refractivity contribution in [3.63, 3.8) is 0 Å². The van der Waals surface area contributed by atoms with Gasteiger partial charge in [0.25, 0.3) is 5.56 Å². The molecule has 100 valence electrons. The van der Waals surface area contributed by atoms with E-state index in [1.54, 1.807) is 17.0 Å². The largest absolute Gasteiger partial charge is 0.364 e. The van der Waals surface area contributed by atoms with Crippen molar-refractivity contribution < 1.29 is 0 Å². The summed E-state index contributed by atoms with van der Waals surface area (Å²) in [6, 6.07) is 9.74. The lowest BCUT2D eigenvalue weighted by molar-refractivity contribution is 0.718. The fraction of sp³-hybridized carbons (Fsp3) is 0.286. The predicted molar refractivity (Wildman–Crippen MR) is 77.7 cm³/mol. The SMILES string of the molecule is CCn1ccnc(NCC(Cl)c2ccccc2)c1=O. The Bertz CT molecular complexity index is 583. The minimum Gasteiger partial charge on any atom is -0.364 e. The van der Waals surface area contributed by atoms with E-state index in [-0.39, 0.29) is 10.9 Å². The third-order valence-corrected chi connectivity index (χ3v) is 3.27. The summed E-state index contributed by atoms with van der Waals surface area (Å²) in [7, 11) is 0. The molecule has 1 atom stereocenters. The Morgan fingerprint density at radius 2 is 2.11 bits per heavy atom. The molecular weight excluding hydrogens is 262 g/mol. The van der Waals surface area contributed by atoms with Crippen molar-refractivity contribution in [3.05, 3.63) is 58.6 Å². The normalized spacial score (nSPS) is 12.1. The van der Waals surface area contributed by atoms with Crippen LogP contribution in [0.2, 0.25) is 0 Å². The molecule has 1 N–H and O–H groups in total. The molecule has 19 heavy (non-hydrogen) atoms. The number of anilines is 1. The van der Waals surface area contributed by atoms with Crippen molar-refractivity contribution in [3.8, 4) is 0 Å². The van der Waals surface area contributed by atoms with Gasteiger partial charge in [-0.05, 0) is 12.5 Å². The number of nitrogens with zero attached hydrogens (tertiary/aromatic N) is 2. The highest BCUT2D eigenvalue weighted by Crippen LogP contribution is 2.19. The molecule has 0 saturated heterocycles. The first-order valence-corrected chi connectivity index (χ1v) is 6.64. The van der Waals surface area contributed by atoms with Crippen LogP contribution < -0.4 is 10.9 Å². The number of nitrogens with one attached hydrogen (secondary N) is 1. The average Bonchev–Trinajstić information content (AvgIpc) is 2.47. The van der Waals surface area contributed by atoms with Crippen LogP contribution in [0.1, 0.15) is 17.9 Å². The number of hydrogen-bond acceptors (Lipinski definition) is 3. The van der Waals surface area contributed by atoms with Gasteiger partial charge in [-0.15, -0.1) is 11.6 Å². The van der Waals surface area contributed by atoms with Gasteiger partial charge in [0.05, 0.1) is 5.38 Å². The van der Waals surface area contributed by atoms with E-state index in [2.05, 4.69) is 10.3 Å². The molecule has 1 aromatic heterocycles. The summed E-state index contributed by atoms with van der Waals surface area (Å²) in [5.41, 5.74) is 0.894. The van der Waals surface area contributed by atoms with Gasteiger partial charge in [-0.3, -0.25) is 4.79 Å². The molecule has 0 fully saturated rings. The number of benzene rings is 1. The third-order valence-electron chi connectivity index (χ3n) is 2.86. The van der Waals surface area contributed by atoms with Crippen molar-refractivity contribution in [2.75, 3.05) is 11.9 Å². The summed E-state index contributed by atoms with van der Waals surface area (Å²) < 4.78 is 1.60. The highest BCUT2D eigenvalue weighted by molar-refractivity contribution is 6.21. The molecule has 2 rings (SSSR count). The summed E-state index contributed by atoms with van der Waals surface area (Å²) in [5, 5.41) is 2.81. The Morgan fingerprint density at radius 1 is 1.37 bits per heavy atom. The topological polar surface area (TPSA) is 46.9 Å². The van der Waals surface area contributed by atoms with Gasteiger partial charge in [0.15, 0.2) is 5.82 Å². The molecule has 2 aromatic rings. The Balaban J connectivity index is 2.05. The lowest BCUT2D eigenvalue weighted by Gasteiger charge is -2.12. The number of aromatic nitrogens is 2. The number of halogens is 1. The molecule has 0 bridgehead atoms. The average molecular weight is 278 g/mol. The molecule has 1 aromatic carbocycles. The molecule has 5 heteroatoms. The second kappa shape index (κ2) is 6.38. The highest BCUT2D eigenvalue weighted by Gasteiger charge is 2.09. The van der Waals surface area contributed by atoms with Gasteiger partial charge in [-0.2, -0.15) is 0 Å². The van der Waals surface area contributed by atoms with Crippen LogP contribution in [0.25, 0.3) is 0 Å². The zero-order valence-electron chi connectivity index (χ0n) is 10.7. The first-order chi connectivity index (χ1) is 9.22. The van der Waals surface area contributed by atoms with Gasteiger partial charge in [0.2, 0.25) is 0 Å². The Hall–Kier alpha value is -1.81. The molecule has 4 nitrogen and oxygen atoms in total. The second-order valence-corrected chi connectivity index (χ2v) is 4.65. The van der Waals surface area contributed by atoms with Gasteiger partial charge in [-0.1, -0.05) is 30.3 Å². The van der Waals surface area contributed by atoms with Crippen molar-refractivity contribution in [1.29, 1.82) is 0 Å². The van der Waals surface area contributed by atoms with E-state index in [1.807, 2.05) is 37.3 Å². The molecule has 0 aliphatic heterocycles. The zero-order valence-corrected chi connectivity index (χ0v) is 11.5. The number of aryl methyl sites for hydroxylation is 1. The maximum Gasteiger partial charge on any atom is 0.293 e. The molecule has 1 unspecified atom stereocenters. The maximum absolute atomic E-state index is 11.9. The standard InChI is InChI=1S/C14H16ClN3O/c1-2-18-9-8-16-13(14(18)19)17-10-12(15)11-6-4-3-5-7-11/h3-9,12H,2,10H2,1H3,(H,16,17). The van der Waals surface area contributed by atoms with Gasteiger partial charge >= 0.3 is 0 Å². The molecule has 0 aliphatic rings. The van der Waals surface area contributed by atoms with Crippen molar-refractivity contribution in [2.24, 2.45) is 0 Å². The number of rotatable bonds is 5. The van der Waals surface area contributed by atoms with Crippen molar-refractivity contribution >= 4 is 17.4 Å². The van der Waals surface area contributed by atoms with Crippen molar-refractivity contribution in [2.45, 2.75) is 18.8 Å². The fourth-order valence-electron chi connectivity index (χ4n) is 1.78. The quantitative estimate of drug-likeness (QED) is 0.855. The summed E-state index contributed by atoms with van der Waals surface area (Å²) in [4.78, 5) is 16.0. The fourth-order valence-corrected chi connectivity index (χ4v) is 2.01. The predicted octanol–water partition coefficient (Wildman–Crippen LogP) is 2.66. The number of alkyl halides is 1. The molecule has 1 heterocycles. The van der Waals surface area contributed by atoms with Gasteiger partial charge in [-0.25, -0.2) is 4.98 Å². The van der Waals surface area contributed by atoms with Crippen molar-refractivity contribution in [1.82, 2.24) is 9.55 Å². The van der Waals surface area contributed by atoms with Crippen LogP contribution in [0.5, 0.6) is 0 Å². The Morgan fingerprint density at radius 3 is 2.79 bits per heavy atom. The third kappa shape index (κ3) is 3.35. The molecule has 0 spiro atoms.